The Balaban J connectivity index is 2.21. The first kappa shape index (κ1) is 14.5. The fourth-order valence-electron chi connectivity index (χ4n) is 1.72. The lowest BCUT2D eigenvalue weighted by Gasteiger charge is -2.12. The van der Waals surface area contributed by atoms with Crippen LogP contribution in [0.25, 0.3) is 0 Å². The molecule has 3 nitrogen and oxygen atoms in total. The fraction of sp³-hybridized carbons (Fsp3) is 0.143. The van der Waals surface area contributed by atoms with E-state index in [4.69, 9.17) is 0 Å². The van der Waals surface area contributed by atoms with E-state index in [1.807, 2.05) is 6.92 Å². The maximum Gasteiger partial charge on any atom is 0.269 e. The van der Waals surface area contributed by atoms with E-state index in [1.165, 1.54) is 36.0 Å². The first-order valence-electron chi connectivity index (χ1n) is 5.83. The van der Waals surface area contributed by atoms with Crippen molar-refractivity contribution in [3.8, 4) is 0 Å². The van der Waals surface area contributed by atoms with Crippen LogP contribution in [0.4, 0.5) is 14.5 Å². The van der Waals surface area contributed by atoms with Gasteiger partial charge in [-0.2, -0.15) is 0 Å². The summed E-state index contributed by atoms with van der Waals surface area (Å²) >= 11 is 1.19. The number of hydrogen-bond donors (Lipinski definition) is 0. The van der Waals surface area contributed by atoms with Gasteiger partial charge in [-0.1, -0.05) is 12.1 Å². The zero-order valence-corrected chi connectivity index (χ0v) is 11.4. The highest BCUT2D eigenvalue weighted by atomic mass is 32.2. The Bertz CT molecular complexity index is 649. The van der Waals surface area contributed by atoms with Crippen LogP contribution < -0.4 is 0 Å². The molecule has 104 valence electrons. The number of nitro groups is 1. The third kappa shape index (κ3) is 3.33. The molecule has 0 heterocycles. The molecular weight excluding hydrogens is 284 g/mol. The summed E-state index contributed by atoms with van der Waals surface area (Å²) in [6, 6.07) is 9.56. The van der Waals surface area contributed by atoms with Crippen molar-refractivity contribution < 1.29 is 13.7 Å². The second-order valence-electron chi connectivity index (χ2n) is 4.19. The van der Waals surface area contributed by atoms with E-state index < -0.39 is 16.6 Å². The molecular formula is C14H11F2NO2S. The maximum absolute atomic E-state index is 13.6. The largest absolute Gasteiger partial charge is 0.269 e. The summed E-state index contributed by atoms with van der Waals surface area (Å²) < 4.78 is 26.4. The number of non-ortho nitro benzene ring substituents is 1. The summed E-state index contributed by atoms with van der Waals surface area (Å²) in [6.07, 6.45) is 0. The highest BCUT2D eigenvalue weighted by molar-refractivity contribution is 7.99. The Morgan fingerprint density at radius 2 is 1.95 bits per heavy atom. The molecule has 0 radical (unpaired) electrons. The first-order valence-corrected chi connectivity index (χ1v) is 6.71. The molecule has 0 fully saturated rings. The Kier molecular flexibility index (Phi) is 4.34. The average molecular weight is 295 g/mol. The van der Waals surface area contributed by atoms with Gasteiger partial charge in [-0.25, -0.2) is 8.78 Å². The van der Waals surface area contributed by atoms with Crippen LogP contribution in [-0.4, -0.2) is 4.92 Å². The van der Waals surface area contributed by atoms with Crippen LogP contribution in [0.2, 0.25) is 0 Å². The molecule has 0 aliphatic heterocycles. The third-order valence-corrected chi connectivity index (χ3v) is 3.96. The normalized spacial score (nSPS) is 12.2. The molecule has 0 spiro atoms. The topological polar surface area (TPSA) is 43.1 Å². The van der Waals surface area contributed by atoms with E-state index in [2.05, 4.69) is 0 Å². The van der Waals surface area contributed by atoms with Crippen molar-refractivity contribution in [2.75, 3.05) is 0 Å². The van der Waals surface area contributed by atoms with Gasteiger partial charge in [-0.15, -0.1) is 11.8 Å². The molecule has 0 amide bonds. The van der Waals surface area contributed by atoms with Crippen LogP contribution >= 0.6 is 11.8 Å². The van der Waals surface area contributed by atoms with Gasteiger partial charge < -0.3 is 0 Å². The second kappa shape index (κ2) is 6.00. The molecule has 0 saturated heterocycles. The number of nitrogens with zero attached hydrogens (tertiary/aromatic N) is 1. The van der Waals surface area contributed by atoms with Gasteiger partial charge in [0.1, 0.15) is 11.6 Å². The quantitative estimate of drug-likeness (QED) is 0.465. The summed E-state index contributed by atoms with van der Waals surface area (Å²) in [5, 5.41) is 10.5. The van der Waals surface area contributed by atoms with Crippen molar-refractivity contribution in [2.45, 2.75) is 17.1 Å². The zero-order valence-electron chi connectivity index (χ0n) is 10.5. The molecule has 1 unspecified atom stereocenters. The van der Waals surface area contributed by atoms with E-state index in [-0.39, 0.29) is 10.9 Å². The summed E-state index contributed by atoms with van der Waals surface area (Å²) in [4.78, 5) is 10.6. The van der Waals surface area contributed by atoms with Crippen molar-refractivity contribution >= 4 is 17.4 Å². The van der Waals surface area contributed by atoms with Crippen LogP contribution in [0.5, 0.6) is 0 Å². The molecule has 0 bridgehead atoms. The van der Waals surface area contributed by atoms with Crippen molar-refractivity contribution in [1.82, 2.24) is 0 Å². The molecule has 0 aliphatic carbocycles. The van der Waals surface area contributed by atoms with Gasteiger partial charge in [-0.05, 0) is 24.6 Å². The summed E-state index contributed by atoms with van der Waals surface area (Å²) in [5.74, 6) is -1.26. The SMILES string of the molecule is CC(Sc1ccc(F)cc1F)c1cccc([N+](=O)[O-])c1. The molecule has 0 N–H and O–H groups in total. The summed E-state index contributed by atoms with van der Waals surface area (Å²) in [6.45, 7) is 1.81. The zero-order chi connectivity index (χ0) is 14.7. The lowest BCUT2D eigenvalue weighted by Crippen LogP contribution is -1.93. The monoisotopic (exact) mass is 295 g/mol. The first-order chi connectivity index (χ1) is 9.47. The third-order valence-electron chi connectivity index (χ3n) is 2.75. The second-order valence-corrected chi connectivity index (χ2v) is 5.57. The predicted molar refractivity (Wildman–Crippen MR) is 73.7 cm³/mol. The lowest BCUT2D eigenvalue weighted by molar-refractivity contribution is -0.384. The molecule has 0 saturated carbocycles. The fourth-order valence-corrected chi connectivity index (χ4v) is 2.70. The molecule has 2 aromatic carbocycles. The average Bonchev–Trinajstić information content (AvgIpc) is 2.42. The minimum atomic E-state index is -0.632. The van der Waals surface area contributed by atoms with Gasteiger partial charge in [0.05, 0.1) is 4.92 Å². The standard InChI is InChI=1S/C14H11F2NO2S/c1-9(10-3-2-4-12(7-10)17(18)19)20-14-6-5-11(15)8-13(14)16/h2-9H,1H3. The van der Waals surface area contributed by atoms with Crippen LogP contribution in [0.15, 0.2) is 47.4 Å². The number of rotatable bonds is 4. The van der Waals surface area contributed by atoms with Crippen LogP contribution in [-0.2, 0) is 0 Å². The van der Waals surface area contributed by atoms with Gasteiger partial charge in [0.25, 0.3) is 5.69 Å². The minimum absolute atomic E-state index is 0.00507. The van der Waals surface area contributed by atoms with Gasteiger partial charge in [0.15, 0.2) is 0 Å². The van der Waals surface area contributed by atoms with Crippen molar-refractivity contribution in [1.29, 1.82) is 0 Å². The van der Waals surface area contributed by atoms with E-state index >= 15 is 0 Å². The number of nitro benzene ring substituents is 1. The number of benzene rings is 2. The highest BCUT2D eigenvalue weighted by Crippen LogP contribution is 2.37. The van der Waals surface area contributed by atoms with Crippen LogP contribution in [0, 0.1) is 21.7 Å². The molecule has 1 atom stereocenters. The number of halogens is 2. The Labute approximate surface area is 118 Å². The highest BCUT2D eigenvalue weighted by Gasteiger charge is 2.14. The molecule has 20 heavy (non-hydrogen) atoms. The van der Waals surface area contributed by atoms with E-state index in [0.717, 1.165) is 6.07 Å². The van der Waals surface area contributed by atoms with Crippen LogP contribution in [0.1, 0.15) is 17.7 Å². The van der Waals surface area contributed by atoms with Crippen molar-refractivity contribution in [2.24, 2.45) is 0 Å². The smallest absolute Gasteiger partial charge is 0.258 e. The van der Waals surface area contributed by atoms with Gasteiger partial charge in [0, 0.05) is 28.3 Å². The molecule has 6 heteroatoms. The Hall–Kier alpha value is -1.95. The van der Waals surface area contributed by atoms with Gasteiger partial charge in [-0.3, -0.25) is 10.1 Å². The summed E-state index contributed by atoms with van der Waals surface area (Å²) in [7, 11) is 0. The predicted octanol–water partition coefficient (Wildman–Crippen LogP) is 4.73. The Morgan fingerprint density at radius 3 is 2.60 bits per heavy atom. The van der Waals surface area contributed by atoms with Gasteiger partial charge in [0.2, 0.25) is 0 Å². The van der Waals surface area contributed by atoms with Crippen molar-refractivity contribution in [3.63, 3.8) is 0 Å². The molecule has 2 rings (SSSR count). The van der Waals surface area contributed by atoms with E-state index in [1.54, 1.807) is 12.1 Å². The van der Waals surface area contributed by atoms with Crippen molar-refractivity contribution in [3.05, 3.63) is 69.8 Å². The number of hydrogen-bond acceptors (Lipinski definition) is 3. The molecule has 0 aliphatic rings. The molecule has 0 aromatic heterocycles. The van der Waals surface area contributed by atoms with Gasteiger partial charge >= 0.3 is 0 Å². The lowest BCUT2D eigenvalue weighted by atomic mass is 10.1. The van der Waals surface area contributed by atoms with E-state index in [9.17, 15) is 18.9 Å². The Morgan fingerprint density at radius 1 is 1.20 bits per heavy atom. The van der Waals surface area contributed by atoms with Crippen LogP contribution in [0.3, 0.4) is 0 Å². The molecule has 2 aromatic rings. The number of thioether (sulfide) groups is 1. The maximum atomic E-state index is 13.6. The van der Waals surface area contributed by atoms with E-state index in [0.29, 0.717) is 10.5 Å². The minimum Gasteiger partial charge on any atom is -0.258 e. The summed E-state index contributed by atoms with van der Waals surface area (Å²) in [5.41, 5.74) is 0.711.